The first kappa shape index (κ1) is 15.5. The maximum absolute atomic E-state index is 4.37. The van der Waals surface area contributed by atoms with Gasteiger partial charge in [-0.15, -0.1) is 0 Å². The Kier molecular flexibility index (Phi) is 4.10. The van der Waals surface area contributed by atoms with Crippen LogP contribution in [0.3, 0.4) is 0 Å². The molecular weight excluding hydrogens is 584 g/mol. The molecule has 22 heavy (non-hydrogen) atoms. The Hall–Kier alpha value is -0.000000000000000167. The minimum atomic E-state index is 0.842. The molecule has 0 spiro atoms. The Labute approximate surface area is 166 Å². The third-order valence-corrected chi connectivity index (χ3v) is 7.02. The second kappa shape index (κ2) is 5.82. The average Bonchev–Trinajstić information content (AvgIpc) is 3.16. The van der Waals surface area contributed by atoms with Gasteiger partial charge in [-0.25, -0.2) is 0 Å². The normalized spacial score (nSPS) is 11.6. The number of nitrogens with zero attached hydrogens (tertiary/aromatic N) is 4. The highest BCUT2D eigenvalue weighted by Gasteiger charge is 2.19. The van der Waals surface area contributed by atoms with Gasteiger partial charge in [0.2, 0.25) is 0 Å². The van der Waals surface area contributed by atoms with Gasteiger partial charge in [-0.2, -0.15) is 17.5 Å². The Morgan fingerprint density at radius 3 is 1.36 bits per heavy atom. The average molecular weight is 586 g/mol. The molecule has 0 N–H and O–H groups in total. The maximum Gasteiger partial charge on any atom is 0.120 e. The van der Waals surface area contributed by atoms with Crippen LogP contribution in [-0.4, -0.2) is 17.5 Å². The van der Waals surface area contributed by atoms with Gasteiger partial charge in [0.1, 0.15) is 22.1 Å². The second-order valence-corrected chi connectivity index (χ2v) is 8.71. The third kappa shape index (κ3) is 2.30. The fourth-order valence-electron chi connectivity index (χ4n) is 2.14. The van der Waals surface area contributed by atoms with E-state index in [-0.39, 0.29) is 0 Å². The molecule has 10 heteroatoms. The highest BCUT2D eigenvalue weighted by Crippen LogP contribution is 2.44. The molecule has 2 aromatic heterocycles. The molecule has 0 fully saturated rings. The zero-order valence-corrected chi connectivity index (χ0v) is 18.2. The van der Waals surface area contributed by atoms with Crippen LogP contribution in [0.5, 0.6) is 0 Å². The van der Waals surface area contributed by atoms with E-state index in [2.05, 4.69) is 81.2 Å². The SMILES string of the molecule is Brc1cc(-c2cc(Br)c3nsnc3c2Br)c(Br)c2nsnc12. The van der Waals surface area contributed by atoms with Gasteiger partial charge >= 0.3 is 0 Å². The lowest BCUT2D eigenvalue weighted by Crippen LogP contribution is -1.88. The van der Waals surface area contributed by atoms with Crippen molar-refractivity contribution in [3.8, 4) is 11.1 Å². The summed E-state index contributed by atoms with van der Waals surface area (Å²) < 4.78 is 21.0. The molecule has 110 valence electrons. The molecule has 4 nitrogen and oxygen atoms in total. The summed E-state index contributed by atoms with van der Waals surface area (Å²) in [6, 6.07) is 4.07. The smallest absolute Gasteiger partial charge is 0.120 e. The van der Waals surface area contributed by atoms with Crippen molar-refractivity contribution in [1.82, 2.24) is 17.5 Å². The fraction of sp³-hybridized carbons (Fsp3) is 0. The summed E-state index contributed by atoms with van der Waals surface area (Å²) >= 11 is 16.9. The lowest BCUT2D eigenvalue weighted by Gasteiger charge is -2.10. The van der Waals surface area contributed by atoms with Crippen molar-refractivity contribution in [2.75, 3.05) is 0 Å². The molecule has 0 bridgehead atoms. The molecule has 4 rings (SSSR count). The lowest BCUT2D eigenvalue weighted by atomic mass is 10.0. The van der Waals surface area contributed by atoms with Crippen LogP contribution in [0.2, 0.25) is 0 Å². The van der Waals surface area contributed by atoms with Crippen LogP contribution < -0.4 is 0 Å². The molecule has 0 saturated carbocycles. The Morgan fingerprint density at radius 1 is 0.591 bits per heavy atom. The fourth-order valence-corrected chi connectivity index (χ4v) is 5.97. The van der Waals surface area contributed by atoms with Crippen LogP contribution in [0.15, 0.2) is 30.0 Å². The van der Waals surface area contributed by atoms with Crippen molar-refractivity contribution in [2.24, 2.45) is 0 Å². The van der Waals surface area contributed by atoms with E-state index in [1.807, 2.05) is 12.1 Å². The van der Waals surface area contributed by atoms with Crippen LogP contribution in [0.1, 0.15) is 0 Å². The van der Waals surface area contributed by atoms with Gasteiger partial charge in [-0.05, 0) is 75.9 Å². The molecule has 0 aliphatic heterocycles. The highest BCUT2D eigenvalue weighted by molar-refractivity contribution is 9.11. The van der Waals surface area contributed by atoms with Crippen LogP contribution in [-0.2, 0) is 0 Å². The quantitative estimate of drug-likeness (QED) is 0.259. The molecule has 4 aromatic rings. The minimum absolute atomic E-state index is 0.842. The molecular formula is C12H2Br4N4S2. The number of aromatic nitrogens is 4. The Morgan fingerprint density at radius 2 is 0.955 bits per heavy atom. The van der Waals surface area contributed by atoms with E-state index in [1.54, 1.807) is 0 Å². The van der Waals surface area contributed by atoms with Gasteiger partial charge < -0.3 is 0 Å². The van der Waals surface area contributed by atoms with Crippen molar-refractivity contribution in [3.05, 3.63) is 30.0 Å². The van der Waals surface area contributed by atoms with Crippen LogP contribution in [0.4, 0.5) is 0 Å². The van der Waals surface area contributed by atoms with Gasteiger partial charge in [0, 0.05) is 20.1 Å². The number of hydrogen-bond acceptors (Lipinski definition) is 6. The summed E-state index contributed by atoms with van der Waals surface area (Å²) in [4.78, 5) is 0. The van der Waals surface area contributed by atoms with E-state index in [9.17, 15) is 0 Å². The predicted molar refractivity (Wildman–Crippen MR) is 105 cm³/mol. The number of hydrogen-bond donors (Lipinski definition) is 0. The van der Waals surface area contributed by atoms with E-state index < -0.39 is 0 Å². The van der Waals surface area contributed by atoms with Crippen molar-refractivity contribution >= 4 is 109 Å². The lowest BCUT2D eigenvalue weighted by molar-refractivity contribution is 1.52. The Bertz CT molecular complexity index is 959. The summed E-state index contributed by atoms with van der Waals surface area (Å²) in [6.45, 7) is 0. The molecule has 0 atom stereocenters. The minimum Gasteiger partial charge on any atom is -0.172 e. The first-order valence-corrected chi connectivity index (χ1v) is 10.4. The van der Waals surface area contributed by atoms with Crippen LogP contribution >= 0.6 is 87.2 Å². The van der Waals surface area contributed by atoms with E-state index in [1.165, 1.54) is 23.5 Å². The molecule has 0 aliphatic rings. The van der Waals surface area contributed by atoms with Gasteiger partial charge in [-0.3, -0.25) is 0 Å². The predicted octanol–water partition coefficient (Wildman–Crippen LogP) is 6.41. The molecule has 2 heterocycles. The monoisotopic (exact) mass is 582 g/mol. The number of rotatable bonds is 1. The molecule has 0 unspecified atom stereocenters. The molecule has 0 amide bonds. The summed E-state index contributed by atoms with van der Waals surface area (Å²) in [5, 5.41) is 0. The van der Waals surface area contributed by atoms with Gasteiger partial charge in [0.05, 0.1) is 32.4 Å². The highest BCUT2D eigenvalue weighted by atomic mass is 79.9. The van der Waals surface area contributed by atoms with Crippen molar-refractivity contribution < 1.29 is 0 Å². The first-order valence-electron chi connectivity index (χ1n) is 5.79. The van der Waals surface area contributed by atoms with Crippen molar-refractivity contribution in [1.29, 1.82) is 0 Å². The standard InChI is InChI=1S/C12H2Br4N4S2/c13-5-1-3(7(15)11-9(5)17-21-19-11)4-2-6(14)10-12(8(4)16)20-22-18-10/h1-2H. The van der Waals surface area contributed by atoms with Crippen molar-refractivity contribution in [2.45, 2.75) is 0 Å². The maximum atomic E-state index is 4.37. The Balaban J connectivity index is 2.11. The molecule has 2 aromatic carbocycles. The first-order chi connectivity index (χ1) is 10.6. The second-order valence-electron chi connectivity index (χ2n) is 4.36. The molecule has 0 saturated heterocycles. The molecule has 0 radical (unpaired) electrons. The third-order valence-electron chi connectivity index (χ3n) is 3.15. The van der Waals surface area contributed by atoms with Crippen LogP contribution in [0.25, 0.3) is 33.2 Å². The number of fused-ring (bicyclic) bond motifs is 2. The van der Waals surface area contributed by atoms with Gasteiger partial charge in [-0.1, -0.05) is 0 Å². The van der Waals surface area contributed by atoms with E-state index in [0.29, 0.717) is 0 Å². The van der Waals surface area contributed by atoms with Gasteiger partial charge in [0.25, 0.3) is 0 Å². The largest absolute Gasteiger partial charge is 0.172 e. The number of benzene rings is 2. The van der Waals surface area contributed by atoms with E-state index in [4.69, 9.17) is 0 Å². The zero-order valence-electron chi connectivity index (χ0n) is 10.3. The van der Waals surface area contributed by atoms with Crippen molar-refractivity contribution in [3.63, 3.8) is 0 Å². The summed E-state index contributed by atoms with van der Waals surface area (Å²) in [6.07, 6.45) is 0. The van der Waals surface area contributed by atoms with Crippen LogP contribution in [0, 0.1) is 0 Å². The summed E-state index contributed by atoms with van der Waals surface area (Å²) in [5.41, 5.74) is 5.41. The van der Waals surface area contributed by atoms with E-state index >= 15 is 0 Å². The number of halogens is 4. The summed E-state index contributed by atoms with van der Waals surface area (Å²) in [5.74, 6) is 0. The van der Waals surface area contributed by atoms with Gasteiger partial charge in [0.15, 0.2) is 0 Å². The molecule has 0 aliphatic carbocycles. The zero-order chi connectivity index (χ0) is 15.4. The van der Waals surface area contributed by atoms with E-state index in [0.717, 1.165) is 51.1 Å². The topological polar surface area (TPSA) is 51.6 Å². The summed E-state index contributed by atoms with van der Waals surface area (Å²) in [7, 11) is 0.